The molecule has 0 bridgehead atoms. The number of aryl methyl sites for hydroxylation is 1. The van der Waals surface area contributed by atoms with Gasteiger partial charge in [0.1, 0.15) is 5.75 Å². The maximum Gasteiger partial charge on any atom is 0.125 e. The summed E-state index contributed by atoms with van der Waals surface area (Å²) in [6, 6.07) is 4.33. The number of hydrogen-bond donors (Lipinski definition) is 1. The highest BCUT2D eigenvalue weighted by atomic mass is 16.5. The van der Waals surface area contributed by atoms with Gasteiger partial charge in [0.25, 0.3) is 0 Å². The molecule has 0 aromatic heterocycles. The number of aliphatic hydroxyl groups is 1. The van der Waals surface area contributed by atoms with Crippen LogP contribution in [0.5, 0.6) is 5.75 Å². The molecule has 1 aromatic carbocycles. The van der Waals surface area contributed by atoms with Gasteiger partial charge >= 0.3 is 0 Å². The molecule has 2 heteroatoms. The Morgan fingerprint density at radius 2 is 1.86 bits per heavy atom. The van der Waals surface area contributed by atoms with E-state index in [9.17, 15) is 5.11 Å². The monoisotopic (exact) mass is 290 g/mol. The third-order valence-corrected chi connectivity index (χ3v) is 5.15. The maximum absolute atomic E-state index is 10.3. The van der Waals surface area contributed by atoms with E-state index in [-0.39, 0.29) is 11.5 Å². The quantitative estimate of drug-likeness (QED) is 0.833. The zero-order valence-electron chi connectivity index (χ0n) is 14.0. The summed E-state index contributed by atoms with van der Waals surface area (Å²) in [6.07, 6.45) is 7.70. The van der Waals surface area contributed by atoms with E-state index in [2.05, 4.69) is 26.0 Å². The molecule has 0 heterocycles. The first-order valence-electron chi connectivity index (χ1n) is 8.45. The molecule has 0 saturated heterocycles. The molecule has 2 nitrogen and oxygen atoms in total. The van der Waals surface area contributed by atoms with Crippen molar-refractivity contribution in [3.8, 4) is 5.75 Å². The van der Waals surface area contributed by atoms with Crippen LogP contribution >= 0.6 is 0 Å². The molecule has 1 atom stereocenters. The van der Waals surface area contributed by atoms with Crippen molar-refractivity contribution in [3.63, 3.8) is 0 Å². The Balaban J connectivity index is 2.55. The predicted molar refractivity (Wildman–Crippen MR) is 88.1 cm³/mol. The van der Waals surface area contributed by atoms with Crippen LogP contribution in [0.25, 0.3) is 0 Å². The molecule has 1 N–H and O–H groups in total. The molecule has 1 saturated carbocycles. The minimum absolute atomic E-state index is 0.191. The maximum atomic E-state index is 10.3. The lowest BCUT2D eigenvalue weighted by atomic mass is 9.69. The highest BCUT2D eigenvalue weighted by molar-refractivity contribution is 5.49. The summed E-state index contributed by atoms with van der Waals surface area (Å²) in [5.74, 6) is 1.05. The van der Waals surface area contributed by atoms with E-state index in [1.54, 1.807) is 7.11 Å². The highest BCUT2D eigenvalue weighted by Gasteiger charge is 2.33. The van der Waals surface area contributed by atoms with Crippen LogP contribution in [0.3, 0.4) is 0 Å². The number of benzene rings is 1. The van der Waals surface area contributed by atoms with Crippen LogP contribution < -0.4 is 4.74 Å². The lowest BCUT2D eigenvalue weighted by Gasteiger charge is -2.36. The van der Waals surface area contributed by atoms with Crippen molar-refractivity contribution in [1.29, 1.82) is 0 Å². The standard InChI is InChI=1S/C19H30O2/c1-5-14-12-15(17(20)6-2)13-16(18(14)21-4)19(3)10-8-7-9-11-19/h12-13,17,20H,5-11H2,1-4H3. The number of hydrogen-bond acceptors (Lipinski definition) is 2. The van der Waals surface area contributed by atoms with E-state index < -0.39 is 0 Å². The minimum Gasteiger partial charge on any atom is -0.496 e. The molecule has 21 heavy (non-hydrogen) atoms. The number of methoxy groups -OCH3 is 1. The van der Waals surface area contributed by atoms with Crippen molar-refractivity contribution in [2.75, 3.05) is 7.11 Å². The SMILES string of the molecule is CCc1cc(C(O)CC)cc(C2(C)CCCCC2)c1OC. The molecule has 0 spiro atoms. The first-order chi connectivity index (χ1) is 10.1. The number of ether oxygens (including phenoxy) is 1. The van der Waals surface area contributed by atoms with Crippen LogP contribution in [0.1, 0.15) is 82.1 Å². The summed E-state index contributed by atoms with van der Waals surface area (Å²) in [4.78, 5) is 0. The van der Waals surface area contributed by atoms with E-state index >= 15 is 0 Å². The third-order valence-electron chi connectivity index (χ3n) is 5.15. The summed E-state index contributed by atoms with van der Waals surface area (Å²) >= 11 is 0. The van der Waals surface area contributed by atoms with Gasteiger partial charge in [-0.05, 0) is 54.4 Å². The zero-order valence-corrected chi connectivity index (χ0v) is 14.0. The summed E-state index contributed by atoms with van der Waals surface area (Å²) in [6.45, 7) is 6.56. The van der Waals surface area contributed by atoms with Gasteiger partial charge in [-0.1, -0.05) is 40.0 Å². The van der Waals surface area contributed by atoms with Crippen LogP contribution in [-0.2, 0) is 11.8 Å². The number of aliphatic hydroxyl groups excluding tert-OH is 1. The highest BCUT2D eigenvalue weighted by Crippen LogP contribution is 2.45. The van der Waals surface area contributed by atoms with Crippen molar-refractivity contribution < 1.29 is 9.84 Å². The van der Waals surface area contributed by atoms with Crippen molar-refractivity contribution in [2.24, 2.45) is 0 Å². The Morgan fingerprint density at radius 3 is 2.38 bits per heavy atom. The molecule has 1 unspecified atom stereocenters. The van der Waals surface area contributed by atoms with E-state index in [0.717, 1.165) is 24.2 Å². The van der Waals surface area contributed by atoms with E-state index in [4.69, 9.17) is 4.74 Å². The summed E-state index contributed by atoms with van der Waals surface area (Å²) in [7, 11) is 1.78. The van der Waals surface area contributed by atoms with Gasteiger partial charge in [-0.2, -0.15) is 0 Å². The molecule has 1 fully saturated rings. The van der Waals surface area contributed by atoms with Gasteiger partial charge in [-0.25, -0.2) is 0 Å². The summed E-state index contributed by atoms with van der Waals surface area (Å²) in [5.41, 5.74) is 3.78. The Labute approximate surface area is 129 Å². The molecule has 118 valence electrons. The second-order valence-electron chi connectivity index (χ2n) is 6.66. The van der Waals surface area contributed by atoms with E-state index in [1.807, 2.05) is 6.92 Å². The van der Waals surface area contributed by atoms with Gasteiger partial charge in [0.2, 0.25) is 0 Å². The number of rotatable bonds is 5. The van der Waals surface area contributed by atoms with Gasteiger partial charge in [0, 0.05) is 5.56 Å². The molecule has 1 aromatic rings. The van der Waals surface area contributed by atoms with Crippen LogP contribution in [-0.4, -0.2) is 12.2 Å². The smallest absolute Gasteiger partial charge is 0.125 e. The van der Waals surface area contributed by atoms with Gasteiger partial charge in [0.15, 0.2) is 0 Å². The predicted octanol–water partition coefficient (Wildman–Crippen LogP) is 4.92. The average Bonchev–Trinajstić information content (AvgIpc) is 2.53. The molecule has 2 rings (SSSR count). The van der Waals surface area contributed by atoms with Crippen LogP contribution in [0, 0.1) is 0 Å². The van der Waals surface area contributed by atoms with Crippen molar-refractivity contribution in [2.45, 2.75) is 77.2 Å². The third kappa shape index (κ3) is 3.26. The van der Waals surface area contributed by atoms with Gasteiger partial charge in [-0.3, -0.25) is 0 Å². The van der Waals surface area contributed by atoms with Crippen molar-refractivity contribution in [1.82, 2.24) is 0 Å². The fraction of sp³-hybridized carbons (Fsp3) is 0.684. The molecule has 0 radical (unpaired) electrons. The Hall–Kier alpha value is -1.02. The van der Waals surface area contributed by atoms with Gasteiger partial charge < -0.3 is 9.84 Å². The second-order valence-corrected chi connectivity index (χ2v) is 6.66. The first-order valence-corrected chi connectivity index (χ1v) is 8.45. The molecule has 0 amide bonds. The largest absolute Gasteiger partial charge is 0.496 e. The zero-order chi connectivity index (χ0) is 15.5. The van der Waals surface area contributed by atoms with E-state index in [0.29, 0.717) is 0 Å². The summed E-state index contributed by atoms with van der Waals surface area (Å²) in [5, 5.41) is 10.3. The molecular formula is C19H30O2. The van der Waals surface area contributed by atoms with Crippen LogP contribution in [0.4, 0.5) is 0 Å². The summed E-state index contributed by atoms with van der Waals surface area (Å²) < 4.78 is 5.77. The lowest BCUT2D eigenvalue weighted by molar-refractivity contribution is 0.173. The van der Waals surface area contributed by atoms with Crippen molar-refractivity contribution in [3.05, 3.63) is 28.8 Å². The fourth-order valence-corrected chi connectivity index (χ4v) is 3.70. The Kier molecular flexibility index (Phi) is 5.32. The van der Waals surface area contributed by atoms with Crippen molar-refractivity contribution >= 4 is 0 Å². The lowest BCUT2D eigenvalue weighted by Crippen LogP contribution is -2.26. The van der Waals surface area contributed by atoms with Gasteiger partial charge in [0.05, 0.1) is 13.2 Å². The molecule has 0 aliphatic heterocycles. The minimum atomic E-state index is -0.368. The second kappa shape index (κ2) is 6.83. The first kappa shape index (κ1) is 16.4. The van der Waals surface area contributed by atoms with Crippen LogP contribution in [0.2, 0.25) is 0 Å². The van der Waals surface area contributed by atoms with Gasteiger partial charge in [-0.15, -0.1) is 0 Å². The molecular weight excluding hydrogens is 260 g/mol. The van der Waals surface area contributed by atoms with E-state index in [1.165, 1.54) is 43.2 Å². The normalized spacial score (nSPS) is 19.3. The topological polar surface area (TPSA) is 29.5 Å². The molecule has 1 aliphatic rings. The Bertz CT molecular complexity index is 473. The fourth-order valence-electron chi connectivity index (χ4n) is 3.70. The molecule has 1 aliphatic carbocycles. The average molecular weight is 290 g/mol. The Morgan fingerprint density at radius 1 is 1.19 bits per heavy atom. The van der Waals surface area contributed by atoms with Crippen LogP contribution in [0.15, 0.2) is 12.1 Å².